The molecule has 3 heteroatoms. The third-order valence-electron chi connectivity index (χ3n) is 2.61. The predicted octanol–water partition coefficient (Wildman–Crippen LogP) is 4.86. The van der Waals surface area contributed by atoms with E-state index in [1.54, 1.807) is 0 Å². The maximum atomic E-state index is 3.97. The summed E-state index contributed by atoms with van der Waals surface area (Å²) in [7, 11) is -0.472. The summed E-state index contributed by atoms with van der Waals surface area (Å²) in [6, 6.07) is 8.75. The molecule has 2 rings (SSSR count). The second-order valence-corrected chi connectivity index (χ2v) is 11.8. The van der Waals surface area contributed by atoms with Crippen molar-refractivity contribution in [2.24, 2.45) is 0 Å². The van der Waals surface area contributed by atoms with Crippen LogP contribution in [0.4, 0.5) is 0 Å². The normalized spacial score (nSPS) is 22.1. The molecule has 0 amide bonds. The Morgan fingerprint density at radius 3 is 2.21 bits per heavy atom. The van der Waals surface area contributed by atoms with Gasteiger partial charge in [-0.15, -0.1) is 0 Å². The van der Waals surface area contributed by atoms with Gasteiger partial charge in [-0.3, -0.25) is 0 Å². The van der Waals surface area contributed by atoms with Gasteiger partial charge < -0.3 is 0 Å². The minimum Gasteiger partial charge on any atom is -0.179 e. The van der Waals surface area contributed by atoms with Crippen LogP contribution in [-0.4, -0.2) is 11.5 Å². The minimum atomic E-state index is -0.472. The molecule has 0 radical (unpaired) electrons. The maximum absolute atomic E-state index is 3.97. The van der Waals surface area contributed by atoms with Crippen LogP contribution in [0, 0.1) is 0 Å². The van der Waals surface area contributed by atoms with E-state index in [-0.39, 0.29) is 0 Å². The van der Waals surface area contributed by atoms with Crippen LogP contribution in [0.1, 0.15) is 18.4 Å². The van der Waals surface area contributed by atoms with Crippen molar-refractivity contribution < 1.29 is 0 Å². The molecule has 1 aliphatic heterocycles. The zero-order chi connectivity index (χ0) is 10.0. The van der Waals surface area contributed by atoms with Crippen molar-refractivity contribution >= 4 is 39.2 Å². The summed E-state index contributed by atoms with van der Waals surface area (Å²) in [5, 5.41) is 0. The molecule has 0 N–H and O–H groups in total. The number of hydrogen-bond donors (Lipinski definition) is 0. The van der Waals surface area contributed by atoms with Crippen molar-refractivity contribution in [1.82, 2.24) is 0 Å². The first-order chi connectivity index (χ1) is 6.68. The molecule has 0 aliphatic carbocycles. The topological polar surface area (TPSA) is 0 Å². The van der Waals surface area contributed by atoms with Gasteiger partial charge in [0.15, 0.2) is 0 Å². The molecule has 1 fully saturated rings. The van der Waals surface area contributed by atoms with E-state index in [1.165, 1.54) is 40.1 Å². The standard InChI is InChI=1S/C11H14Br2S/c12-11-5-3-10(4-6-11)9-14(13)7-1-2-8-14/h3-6H,1-2,7-9H2. The van der Waals surface area contributed by atoms with Gasteiger partial charge in [-0.25, -0.2) is 0 Å². The molecule has 1 aromatic carbocycles. The Kier molecular flexibility index (Phi) is 3.61. The van der Waals surface area contributed by atoms with E-state index >= 15 is 0 Å². The van der Waals surface area contributed by atoms with Gasteiger partial charge in [0, 0.05) is 10.2 Å². The Morgan fingerprint density at radius 2 is 1.64 bits per heavy atom. The van der Waals surface area contributed by atoms with Crippen LogP contribution < -0.4 is 0 Å². The smallest absolute Gasteiger partial charge is 0.0175 e. The van der Waals surface area contributed by atoms with Gasteiger partial charge in [-0.2, -0.15) is 8.46 Å². The Balaban J connectivity index is 2.06. The largest absolute Gasteiger partial charge is 0.179 e. The molecule has 1 aliphatic rings. The highest BCUT2D eigenvalue weighted by atomic mass is 79.9. The first-order valence-corrected chi connectivity index (χ1v) is 9.66. The number of benzene rings is 1. The minimum absolute atomic E-state index is 0.472. The van der Waals surface area contributed by atoms with Crippen LogP contribution in [0.25, 0.3) is 0 Å². The molecule has 0 aromatic heterocycles. The molecule has 1 saturated heterocycles. The van der Waals surface area contributed by atoms with Gasteiger partial charge in [0.1, 0.15) is 0 Å². The highest BCUT2D eigenvalue weighted by Crippen LogP contribution is 2.62. The quantitative estimate of drug-likeness (QED) is 0.723. The highest BCUT2D eigenvalue weighted by molar-refractivity contribution is 9.58. The second kappa shape index (κ2) is 4.58. The fourth-order valence-electron chi connectivity index (χ4n) is 1.85. The predicted molar refractivity (Wildman–Crippen MR) is 73.3 cm³/mol. The summed E-state index contributed by atoms with van der Waals surface area (Å²) in [6.07, 6.45) is 2.83. The number of halogens is 2. The van der Waals surface area contributed by atoms with Crippen LogP contribution in [0.15, 0.2) is 28.7 Å². The summed E-state index contributed by atoms with van der Waals surface area (Å²) in [5.74, 6) is 4.06. The van der Waals surface area contributed by atoms with E-state index in [9.17, 15) is 0 Å². The van der Waals surface area contributed by atoms with E-state index in [2.05, 4.69) is 55.0 Å². The molecule has 0 bridgehead atoms. The van der Waals surface area contributed by atoms with Crippen LogP contribution in [0.2, 0.25) is 0 Å². The van der Waals surface area contributed by atoms with E-state index in [0.29, 0.717) is 0 Å². The van der Waals surface area contributed by atoms with Crippen molar-refractivity contribution in [2.75, 3.05) is 11.5 Å². The van der Waals surface area contributed by atoms with Gasteiger partial charge in [-0.1, -0.05) is 28.1 Å². The average molecular weight is 338 g/mol. The van der Waals surface area contributed by atoms with Gasteiger partial charge in [0.2, 0.25) is 0 Å². The Labute approximate surface area is 103 Å². The number of hydrogen-bond acceptors (Lipinski definition) is 0. The first kappa shape index (κ1) is 11.0. The molecule has 78 valence electrons. The lowest BCUT2D eigenvalue weighted by Crippen LogP contribution is -1.97. The molecule has 0 saturated carbocycles. The molecule has 1 heterocycles. The van der Waals surface area contributed by atoms with E-state index < -0.39 is 8.46 Å². The van der Waals surface area contributed by atoms with Crippen molar-refractivity contribution in [3.05, 3.63) is 34.3 Å². The lowest BCUT2D eigenvalue weighted by Gasteiger charge is -2.27. The Hall–Kier alpha value is 0.530. The molecular weight excluding hydrogens is 324 g/mol. The lowest BCUT2D eigenvalue weighted by atomic mass is 10.2. The molecule has 0 spiro atoms. The molecule has 14 heavy (non-hydrogen) atoms. The monoisotopic (exact) mass is 336 g/mol. The van der Waals surface area contributed by atoms with Crippen molar-refractivity contribution in [3.63, 3.8) is 0 Å². The average Bonchev–Trinajstić information content (AvgIpc) is 2.57. The Morgan fingerprint density at radius 1 is 1.07 bits per heavy atom. The third kappa shape index (κ3) is 2.77. The van der Waals surface area contributed by atoms with Gasteiger partial charge in [-0.05, 0) is 56.9 Å². The first-order valence-electron chi connectivity index (χ1n) is 4.88. The summed E-state index contributed by atoms with van der Waals surface area (Å²) < 4.78 is 1.17. The van der Waals surface area contributed by atoms with Crippen molar-refractivity contribution in [3.8, 4) is 0 Å². The van der Waals surface area contributed by atoms with Crippen LogP contribution in [-0.2, 0) is 5.75 Å². The molecule has 1 aromatic rings. The Bertz CT molecular complexity index is 302. The molecular formula is C11H14Br2S. The zero-order valence-electron chi connectivity index (χ0n) is 8.01. The molecule has 0 unspecified atom stereocenters. The van der Waals surface area contributed by atoms with E-state index in [0.717, 1.165) is 0 Å². The third-order valence-corrected chi connectivity index (χ3v) is 8.66. The van der Waals surface area contributed by atoms with Crippen LogP contribution in [0.3, 0.4) is 0 Å². The van der Waals surface area contributed by atoms with Crippen LogP contribution in [0.5, 0.6) is 0 Å². The number of rotatable bonds is 2. The fraction of sp³-hybridized carbons (Fsp3) is 0.455. The van der Waals surface area contributed by atoms with E-state index in [4.69, 9.17) is 0 Å². The second-order valence-electron chi connectivity index (χ2n) is 3.83. The zero-order valence-corrected chi connectivity index (χ0v) is 12.0. The van der Waals surface area contributed by atoms with E-state index in [1.807, 2.05) is 0 Å². The summed E-state index contributed by atoms with van der Waals surface area (Å²) in [4.78, 5) is 0. The lowest BCUT2D eigenvalue weighted by molar-refractivity contribution is 0.949. The van der Waals surface area contributed by atoms with Crippen LogP contribution >= 0.6 is 39.2 Å². The van der Waals surface area contributed by atoms with Crippen molar-refractivity contribution in [2.45, 2.75) is 18.6 Å². The summed E-state index contributed by atoms with van der Waals surface area (Å²) in [5.41, 5.74) is 1.47. The van der Waals surface area contributed by atoms with Gasteiger partial charge in [0.05, 0.1) is 0 Å². The fourth-order valence-corrected chi connectivity index (χ4v) is 7.00. The SMILES string of the molecule is Brc1ccc(CS2(Br)CCCC2)cc1. The van der Waals surface area contributed by atoms with Crippen molar-refractivity contribution in [1.29, 1.82) is 0 Å². The van der Waals surface area contributed by atoms with Gasteiger partial charge >= 0.3 is 0 Å². The van der Waals surface area contributed by atoms with Gasteiger partial charge in [0.25, 0.3) is 0 Å². The molecule has 0 atom stereocenters. The highest BCUT2D eigenvalue weighted by Gasteiger charge is 2.25. The molecule has 0 nitrogen and oxygen atoms in total. The summed E-state index contributed by atoms with van der Waals surface area (Å²) in [6.45, 7) is 0. The maximum Gasteiger partial charge on any atom is 0.0175 e. The summed E-state index contributed by atoms with van der Waals surface area (Å²) >= 11 is 7.44.